The second kappa shape index (κ2) is 8.46. The molecule has 25 heavy (non-hydrogen) atoms. The van der Waals surface area contributed by atoms with E-state index in [2.05, 4.69) is 20.4 Å². The molecule has 6 heteroatoms. The molecule has 0 aliphatic carbocycles. The summed E-state index contributed by atoms with van der Waals surface area (Å²) >= 11 is 0. The predicted octanol–water partition coefficient (Wildman–Crippen LogP) is 3.18. The zero-order valence-corrected chi connectivity index (χ0v) is 14.6. The summed E-state index contributed by atoms with van der Waals surface area (Å²) in [6.45, 7) is 3.98. The average molecular weight is 340 g/mol. The van der Waals surface area contributed by atoms with Crippen molar-refractivity contribution in [2.45, 2.75) is 32.6 Å². The van der Waals surface area contributed by atoms with Gasteiger partial charge in [-0.15, -0.1) is 10.2 Å². The first-order valence-electron chi connectivity index (χ1n) is 8.79. The van der Waals surface area contributed by atoms with Gasteiger partial charge >= 0.3 is 0 Å². The average Bonchev–Trinajstić information content (AvgIpc) is 2.91. The van der Waals surface area contributed by atoms with Crippen LogP contribution in [0, 0.1) is 6.92 Å². The van der Waals surface area contributed by atoms with Crippen molar-refractivity contribution in [3.05, 3.63) is 42.0 Å². The lowest BCUT2D eigenvalue weighted by Crippen LogP contribution is -2.25. The lowest BCUT2D eigenvalue weighted by atomic mass is 10.2. The molecule has 0 saturated carbocycles. The van der Waals surface area contributed by atoms with E-state index in [0.717, 1.165) is 24.5 Å². The molecule has 0 spiro atoms. The van der Waals surface area contributed by atoms with Crippen molar-refractivity contribution in [3.63, 3.8) is 0 Å². The van der Waals surface area contributed by atoms with Crippen LogP contribution < -0.4 is 15.0 Å². The normalized spacial score (nSPS) is 14.7. The molecule has 1 aliphatic heterocycles. The fraction of sp³-hybridized carbons (Fsp3) is 0.421. The molecular formula is C19H24N4O2. The van der Waals surface area contributed by atoms with Gasteiger partial charge in [0.25, 0.3) is 5.91 Å². The van der Waals surface area contributed by atoms with E-state index in [1.165, 1.54) is 25.7 Å². The smallest absolute Gasteiger partial charge is 0.263 e. The largest absolute Gasteiger partial charge is 0.484 e. The summed E-state index contributed by atoms with van der Waals surface area (Å²) in [7, 11) is 0. The molecule has 132 valence electrons. The van der Waals surface area contributed by atoms with E-state index in [0.29, 0.717) is 11.6 Å². The van der Waals surface area contributed by atoms with E-state index in [9.17, 15) is 4.79 Å². The topological polar surface area (TPSA) is 67.3 Å². The second-order valence-corrected chi connectivity index (χ2v) is 6.33. The standard InChI is InChI=1S/C19H24N4O2/c1-15-6-8-16(9-7-15)25-14-19(24)20-17-10-11-18(22-21-17)23-12-4-2-3-5-13-23/h6-11H,2-5,12-14H2,1H3,(H,20,21,24). The van der Waals surface area contributed by atoms with Gasteiger partial charge in [0.05, 0.1) is 0 Å². The van der Waals surface area contributed by atoms with Gasteiger partial charge in [0.15, 0.2) is 18.2 Å². The van der Waals surface area contributed by atoms with Crippen LogP contribution in [0.1, 0.15) is 31.2 Å². The maximum atomic E-state index is 12.0. The van der Waals surface area contributed by atoms with Crippen molar-refractivity contribution in [2.75, 3.05) is 29.9 Å². The predicted molar refractivity (Wildman–Crippen MR) is 98.0 cm³/mol. The molecular weight excluding hydrogens is 316 g/mol. The highest BCUT2D eigenvalue weighted by atomic mass is 16.5. The number of aryl methyl sites for hydroxylation is 1. The van der Waals surface area contributed by atoms with E-state index in [1.54, 1.807) is 6.07 Å². The number of rotatable bonds is 5. The van der Waals surface area contributed by atoms with Crippen molar-refractivity contribution in [3.8, 4) is 5.75 Å². The molecule has 2 aromatic rings. The van der Waals surface area contributed by atoms with Gasteiger partial charge in [0, 0.05) is 13.1 Å². The Balaban J connectivity index is 1.50. The Bertz CT molecular complexity index is 678. The fourth-order valence-corrected chi connectivity index (χ4v) is 2.82. The van der Waals surface area contributed by atoms with Gasteiger partial charge in [-0.25, -0.2) is 0 Å². The Morgan fingerprint density at radius 1 is 1.04 bits per heavy atom. The zero-order chi connectivity index (χ0) is 17.5. The van der Waals surface area contributed by atoms with Crippen LogP contribution in [0.2, 0.25) is 0 Å². The molecule has 1 saturated heterocycles. The lowest BCUT2D eigenvalue weighted by molar-refractivity contribution is -0.118. The Hall–Kier alpha value is -2.63. The maximum absolute atomic E-state index is 12.0. The number of carbonyl (C=O) groups excluding carboxylic acids is 1. The summed E-state index contributed by atoms with van der Waals surface area (Å²) in [5, 5.41) is 11.1. The van der Waals surface area contributed by atoms with Gasteiger partial charge in [0.2, 0.25) is 0 Å². The maximum Gasteiger partial charge on any atom is 0.263 e. The van der Waals surface area contributed by atoms with Crippen LogP contribution in [-0.4, -0.2) is 35.8 Å². The van der Waals surface area contributed by atoms with Crippen LogP contribution in [0.15, 0.2) is 36.4 Å². The third kappa shape index (κ3) is 5.17. The zero-order valence-electron chi connectivity index (χ0n) is 14.6. The third-order valence-corrected chi connectivity index (χ3v) is 4.24. The molecule has 0 atom stereocenters. The first kappa shape index (κ1) is 17.2. The lowest BCUT2D eigenvalue weighted by Gasteiger charge is -2.20. The number of amides is 1. The molecule has 1 fully saturated rings. The summed E-state index contributed by atoms with van der Waals surface area (Å²) < 4.78 is 5.46. The highest BCUT2D eigenvalue weighted by molar-refractivity contribution is 5.90. The molecule has 1 aromatic heterocycles. The Labute approximate surface area is 148 Å². The second-order valence-electron chi connectivity index (χ2n) is 6.33. The number of benzene rings is 1. The summed E-state index contributed by atoms with van der Waals surface area (Å²) in [6.07, 6.45) is 4.94. The van der Waals surface area contributed by atoms with Gasteiger partial charge in [-0.05, 0) is 44.0 Å². The number of aromatic nitrogens is 2. The van der Waals surface area contributed by atoms with E-state index >= 15 is 0 Å². The first-order valence-corrected chi connectivity index (χ1v) is 8.79. The summed E-state index contributed by atoms with van der Waals surface area (Å²) in [5.74, 6) is 1.73. The minimum Gasteiger partial charge on any atom is -0.484 e. The van der Waals surface area contributed by atoms with E-state index < -0.39 is 0 Å². The molecule has 0 bridgehead atoms. The van der Waals surface area contributed by atoms with E-state index in [1.807, 2.05) is 37.3 Å². The van der Waals surface area contributed by atoms with Crippen molar-refractivity contribution < 1.29 is 9.53 Å². The molecule has 1 N–H and O–H groups in total. The number of hydrogen-bond acceptors (Lipinski definition) is 5. The van der Waals surface area contributed by atoms with Crippen LogP contribution in [-0.2, 0) is 4.79 Å². The highest BCUT2D eigenvalue weighted by Crippen LogP contribution is 2.17. The molecule has 1 amide bonds. The Morgan fingerprint density at radius 3 is 2.40 bits per heavy atom. The molecule has 3 rings (SSSR count). The highest BCUT2D eigenvalue weighted by Gasteiger charge is 2.12. The van der Waals surface area contributed by atoms with Gasteiger partial charge < -0.3 is 15.0 Å². The first-order chi connectivity index (χ1) is 12.2. The number of nitrogens with zero attached hydrogens (tertiary/aromatic N) is 3. The molecule has 0 radical (unpaired) electrons. The van der Waals surface area contributed by atoms with Crippen LogP contribution in [0.4, 0.5) is 11.6 Å². The van der Waals surface area contributed by atoms with Gasteiger partial charge in [-0.3, -0.25) is 4.79 Å². The molecule has 2 heterocycles. The van der Waals surface area contributed by atoms with Gasteiger partial charge in [0.1, 0.15) is 5.75 Å². The molecule has 1 aromatic carbocycles. The summed E-state index contributed by atoms with van der Waals surface area (Å²) in [5.41, 5.74) is 1.15. The van der Waals surface area contributed by atoms with Crippen LogP contribution in [0.5, 0.6) is 5.75 Å². The molecule has 6 nitrogen and oxygen atoms in total. The minimum absolute atomic E-state index is 0.0569. The number of carbonyl (C=O) groups is 1. The van der Waals surface area contributed by atoms with Gasteiger partial charge in [-0.1, -0.05) is 30.5 Å². The number of anilines is 2. The Kier molecular flexibility index (Phi) is 5.82. The number of hydrogen-bond donors (Lipinski definition) is 1. The van der Waals surface area contributed by atoms with Crippen molar-refractivity contribution in [1.82, 2.24) is 10.2 Å². The van der Waals surface area contributed by atoms with Crippen LogP contribution in [0.25, 0.3) is 0 Å². The summed E-state index contributed by atoms with van der Waals surface area (Å²) in [6, 6.07) is 11.3. The van der Waals surface area contributed by atoms with E-state index in [-0.39, 0.29) is 12.5 Å². The van der Waals surface area contributed by atoms with E-state index in [4.69, 9.17) is 4.74 Å². The Morgan fingerprint density at radius 2 is 1.76 bits per heavy atom. The van der Waals surface area contributed by atoms with Crippen LogP contribution >= 0.6 is 0 Å². The van der Waals surface area contributed by atoms with Gasteiger partial charge in [-0.2, -0.15) is 0 Å². The number of ether oxygens (including phenoxy) is 1. The van der Waals surface area contributed by atoms with Crippen molar-refractivity contribution >= 4 is 17.5 Å². The SMILES string of the molecule is Cc1ccc(OCC(=O)Nc2ccc(N3CCCCCC3)nn2)cc1. The monoisotopic (exact) mass is 340 g/mol. The minimum atomic E-state index is -0.252. The third-order valence-electron chi connectivity index (χ3n) is 4.24. The quantitative estimate of drug-likeness (QED) is 0.905. The molecule has 0 unspecified atom stereocenters. The fourth-order valence-electron chi connectivity index (χ4n) is 2.82. The van der Waals surface area contributed by atoms with Crippen molar-refractivity contribution in [2.24, 2.45) is 0 Å². The number of nitrogens with one attached hydrogen (secondary N) is 1. The molecule has 1 aliphatic rings. The van der Waals surface area contributed by atoms with Crippen molar-refractivity contribution in [1.29, 1.82) is 0 Å². The van der Waals surface area contributed by atoms with Crippen LogP contribution in [0.3, 0.4) is 0 Å². The summed E-state index contributed by atoms with van der Waals surface area (Å²) in [4.78, 5) is 14.2.